The monoisotopic (exact) mass is 409 g/mol. The van der Waals surface area contributed by atoms with Crippen LogP contribution in [-0.4, -0.2) is 35.9 Å². The van der Waals surface area contributed by atoms with E-state index in [0.717, 1.165) is 10.9 Å². The van der Waals surface area contributed by atoms with E-state index in [1.54, 1.807) is 6.07 Å². The normalized spacial score (nSPS) is 10.4. The van der Waals surface area contributed by atoms with Crippen molar-refractivity contribution in [3.63, 3.8) is 0 Å². The van der Waals surface area contributed by atoms with E-state index in [2.05, 4.69) is 28.2 Å². The summed E-state index contributed by atoms with van der Waals surface area (Å²) in [6.45, 7) is -0.408. The van der Waals surface area contributed by atoms with E-state index >= 15 is 0 Å². The molecule has 0 aliphatic carbocycles. The molecular formula is C21H19N3O4S. The van der Waals surface area contributed by atoms with E-state index < -0.39 is 17.8 Å². The lowest BCUT2D eigenvalue weighted by Gasteiger charge is -2.08. The largest absolute Gasteiger partial charge is 0.460 e. The fourth-order valence-electron chi connectivity index (χ4n) is 2.55. The van der Waals surface area contributed by atoms with Crippen LogP contribution < -0.4 is 10.6 Å². The maximum absolute atomic E-state index is 12.2. The summed E-state index contributed by atoms with van der Waals surface area (Å²) in [5.41, 5.74) is 1.87. The maximum atomic E-state index is 12.2. The first-order valence-electron chi connectivity index (χ1n) is 8.85. The lowest BCUT2D eigenvalue weighted by Crippen LogP contribution is -2.39. The van der Waals surface area contributed by atoms with Crippen molar-refractivity contribution in [1.82, 2.24) is 15.6 Å². The second-order valence-corrected chi connectivity index (χ2v) is 6.66. The minimum atomic E-state index is -0.560. The van der Waals surface area contributed by atoms with Crippen molar-refractivity contribution >= 4 is 41.3 Å². The van der Waals surface area contributed by atoms with E-state index in [1.165, 1.54) is 6.20 Å². The zero-order valence-electron chi connectivity index (χ0n) is 15.4. The molecule has 1 heterocycles. The molecule has 29 heavy (non-hydrogen) atoms. The predicted octanol–water partition coefficient (Wildman–Crippen LogP) is 2.11. The molecule has 8 heteroatoms. The van der Waals surface area contributed by atoms with Gasteiger partial charge in [-0.25, -0.2) is 0 Å². The average molecular weight is 409 g/mol. The summed E-state index contributed by atoms with van der Waals surface area (Å²) in [5.74, 6) is -1.50. The molecule has 0 fully saturated rings. The number of amides is 2. The summed E-state index contributed by atoms with van der Waals surface area (Å²) in [7, 11) is 0. The Morgan fingerprint density at radius 3 is 2.55 bits per heavy atom. The molecule has 0 saturated carbocycles. The molecule has 0 aliphatic rings. The van der Waals surface area contributed by atoms with Crippen LogP contribution >= 0.6 is 12.6 Å². The summed E-state index contributed by atoms with van der Waals surface area (Å²) >= 11 is 4.33. The number of aromatic nitrogens is 1. The smallest absolute Gasteiger partial charge is 0.325 e. The van der Waals surface area contributed by atoms with Crippen LogP contribution in [0, 0.1) is 0 Å². The molecular weight excluding hydrogens is 390 g/mol. The Balaban J connectivity index is 1.43. The highest BCUT2D eigenvalue weighted by atomic mass is 32.1. The average Bonchev–Trinajstić information content (AvgIpc) is 2.75. The van der Waals surface area contributed by atoms with Crippen LogP contribution in [0.15, 0.2) is 65.7 Å². The third kappa shape index (κ3) is 5.79. The van der Waals surface area contributed by atoms with Crippen molar-refractivity contribution in [2.24, 2.45) is 0 Å². The molecule has 3 aromatic rings. The molecule has 7 nitrogen and oxygen atoms in total. The van der Waals surface area contributed by atoms with Gasteiger partial charge in [0.2, 0.25) is 5.91 Å². The minimum absolute atomic E-state index is 0.134. The number of hydrogen-bond acceptors (Lipinski definition) is 6. The number of nitrogens with one attached hydrogen (secondary N) is 2. The van der Waals surface area contributed by atoms with Crippen LogP contribution in [0.1, 0.15) is 15.9 Å². The van der Waals surface area contributed by atoms with Gasteiger partial charge in [-0.15, -0.1) is 12.6 Å². The summed E-state index contributed by atoms with van der Waals surface area (Å²) in [4.78, 5) is 40.7. The summed E-state index contributed by atoms with van der Waals surface area (Å²) < 4.78 is 5.07. The summed E-state index contributed by atoms with van der Waals surface area (Å²) in [5, 5.41) is 5.68. The van der Waals surface area contributed by atoms with Crippen molar-refractivity contribution in [2.45, 2.75) is 11.5 Å². The van der Waals surface area contributed by atoms with E-state index in [9.17, 15) is 14.4 Å². The van der Waals surface area contributed by atoms with Crippen LogP contribution in [0.25, 0.3) is 10.9 Å². The third-order valence-electron chi connectivity index (χ3n) is 4.03. The molecule has 2 amide bonds. The van der Waals surface area contributed by atoms with Gasteiger partial charge in [-0.3, -0.25) is 19.4 Å². The van der Waals surface area contributed by atoms with Gasteiger partial charge in [0.05, 0.1) is 17.6 Å². The number of fused-ring (bicyclic) bond motifs is 1. The SMILES string of the molecule is O=C(CNC(=O)c1cnc2c(S)cccc2c1)NCC(=O)OCc1ccccc1. The molecule has 0 aliphatic heterocycles. The number of esters is 1. The van der Waals surface area contributed by atoms with E-state index in [-0.39, 0.29) is 19.7 Å². The number of thiol groups is 1. The lowest BCUT2D eigenvalue weighted by molar-refractivity contribution is -0.145. The van der Waals surface area contributed by atoms with Gasteiger partial charge in [-0.1, -0.05) is 42.5 Å². The molecule has 0 spiro atoms. The Bertz CT molecular complexity index is 1040. The van der Waals surface area contributed by atoms with Crippen molar-refractivity contribution in [3.8, 4) is 0 Å². The maximum Gasteiger partial charge on any atom is 0.325 e. The Hall–Kier alpha value is -3.39. The number of rotatable bonds is 7. The molecule has 0 bridgehead atoms. The number of ether oxygens (including phenoxy) is 1. The Labute approximate surface area is 172 Å². The van der Waals surface area contributed by atoms with Gasteiger partial charge in [0, 0.05) is 16.5 Å². The van der Waals surface area contributed by atoms with Crippen LogP contribution in [-0.2, 0) is 20.9 Å². The van der Waals surface area contributed by atoms with Gasteiger partial charge in [0.1, 0.15) is 13.2 Å². The highest BCUT2D eigenvalue weighted by Gasteiger charge is 2.11. The molecule has 0 saturated heterocycles. The van der Waals surface area contributed by atoms with Crippen molar-refractivity contribution in [1.29, 1.82) is 0 Å². The molecule has 1 aromatic heterocycles. The topological polar surface area (TPSA) is 97.4 Å². The predicted molar refractivity (Wildman–Crippen MR) is 111 cm³/mol. The fourth-order valence-corrected chi connectivity index (χ4v) is 2.83. The summed E-state index contributed by atoms with van der Waals surface area (Å²) in [6.07, 6.45) is 1.43. The molecule has 2 N–H and O–H groups in total. The Morgan fingerprint density at radius 1 is 0.966 bits per heavy atom. The number of carbonyl (C=O) groups is 3. The standard InChI is InChI=1S/C21H19N3O4S/c25-18(22-12-19(26)28-13-14-5-2-1-3-6-14)11-24-21(27)16-9-15-7-4-8-17(29)20(15)23-10-16/h1-10,29H,11-13H2,(H,22,25)(H,24,27). The first-order chi connectivity index (χ1) is 14.0. The van der Waals surface area contributed by atoms with E-state index in [4.69, 9.17) is 4.74 Å². The lowest BCUT2D eigenvalue weighted by atomic mass is 10.1. The highest BCUT2D eigenvalue weighted by molar-refractivity contribution is 7.80. The third-order valence-corrected chi connectivity index (χ3v) is 4.39. The van der Waals surface area contributed by atoms with Crippen LogP contribution in [0.5, 0.6) is 0 Å². The zero-order chi connectivity index (χ0) is 20.6. The van der Waals surface area contributed by atoms with E-state index in [0.29, 0.717) is 16.0 Å². The van der Waals surface area contributed by atoms with Crippen LogP contribution in [0.4, 0.5) is 0 Å². The van der Waals surface area contributed by atoms with E-state index in [1.807, 2.05) is 48.5 Å². The minimum Gasteiger partial charge on any atom is -0.460 e. The van der Waals surface area contributed by atoms with Gasteiger partial charge in [0.25, 0.3) is 5.91 Å². The Kier molecular flexibility index (Phi) is 6.80. The van der Waals surface area contributed by atoms with Gasteiger partial charge in [-0.2, -0.15) is 0 Å². The number of nitrogens with zero attached hydrogens (tertiary/aromatic N) is 1. The highest BCUT2D eigenvalue weighted by Crippen LogP contribution is 2.20. The van der Waals surface area contributed by atoms with Crippen molar-refractivity contribution in [2.75, 3.05) is 13.1 Å². The van der Waals surface area contributed by atoms with Crippen LogP contribution in [0.3, 0.4) is 0 Å². The first kappa shape index (κ1) is 20.3. The fraction of sp³-hybridized carbons (Fsp3) is 0.143. The van der Waals surface area contributed by atoms with Crippen molar-refractivity contribution < 1.29 is 19.1 Å². The second-order valence-electron chi connectivity index (χ2n) is 6.18. The molecule has 2 aromatic carbocycles. The quantitative estimate of drug-likeness (QED) is 0.410. The molecule has 0 radical (unpaired) electrons. The number of para-hydroxylation sites is 1. The number of pyridine rings is 1. The summed E-state index contributed by atoms with van der Waals surface area (Å²) in [6, 6.07) is 16.4. The van der Waals surface area contributed by atoms with Gasteiger partial charge in [-0.05, 0) is 17.7 Å². The number of hydrogen-bond donors (Lipinski definition) is 3. The van der Waals surface area contributed by atoms with Crippen molar-refractivity contribution in [3.05, 3.63) is 71.9 Å². The second kappa shape index (κ2) is 9.70. The zero-order valence-corrected chi connectivity index (χ0v) is 16.3. The number of carbonyl (C=O) groups excluding carboxylic acids is 3. The van der Waals surface area contributed by atoms with Gasteiger partial charge in [0.15, 0.2) is 0 Å². The first-order valence-corrected chi connectivity index (χ1v) is 9.30. The van der Waals surface area contributed by atoms with Crippen LogP contribution in [0.2, 0.25) is 0 Å². The molecule has 0 unspecified atom stereocenters. The van der Waals surface area contributed by atoms with Gasteiger partial charge < -0.3 is 15.4 Å². The molecule has 148 valence electrons. The Morgan fingerprint density at radius 2 is 1.76 bits per heavy atom. The molecule has 0 atom stereocenters. The number of benzene rings is 2. The molecule has 3 rings (SSSR count). The van der Waals surface area contributed by atoms with Gasteiger partial charge >= 0.3 is 5.97 Å².